The molecule has 0 N–H and O–H groups in total. The summed E-state index contributed by atoms with van der Waals surface area (Å²) in [4.78, 5) is 18.8. The second-order valence-corrected chi connectivity index (χ2v) is 11.2. The van der Waals surface area contributed by atoms with Gasteiger partial charge in [-0.05, 0) is 37.0 Å². The van der Waals surface area contributed by atoms with Crippen molar-refractivity contribution in [2.45, 2.75) is 43.6 Å². The number of carbonyl (C=O) groups excluding carboxylic acids is 1. The quantitative estimate of drug-likeness (QED) is 0.735. The van der Waals surface area contributed by atoms with Crippen LogP contribution in [-0.2, 0) is 19.6 Å². The van der Waals surface area contributed by atoms with Crippen molar-refractivity contribution < 1.29 is 17.9 Å². The lowest BCUT2D eigenvalue weighted by atomic mass is 9.89. The molecule has 0 aliphatic carbocycles. The summed E-state index contributed by atoms with van der Waals surface area (Å²) in [6.45, 7) is 6.38. The summed E-state index contributed by atoms with van der Waals surface area (Å²) < 4.78 is 35.0. The monoisotopic (exact) mass is 437 g/mol. The first-order valence-electron chi connectivity index (χ1n) is 10.0. The third kappa shape index (κ3) is 4.19. The summed E-state index contributed by atoms with van der Waals surface area (Å²) in [6.07, 6.45) is 1.88. The molecule has 0 radical (unpaired) electrons. The number of carbonyl (C=O) groups is 1. The van der Waals surface area contributed by atoms with Crippen LogP contribution in [0.2, 0.25) is 0 Å². The number of morpholine rings is 1. The SMILES string of the molecule is CC(C)CC(=O)N1CCC2(CC1)CN(S(=O)(=O)c1ccc3ncsc3c1)CCO2. The summed E-state index contributed by atoms with van der Waals surface area (Å²) in [5, 5.41) is 0. The average Bonchev–Trinajstić information content (AvgIpc) is 3.16. The van der Waals surface area contributed by atoms with Crippen molar-refractivity contribution in [3.8, 4) is 0 Å². The zero-order valence-corrected chi connectivity index (χ0v) is 18.5. The Morgan fingerprint density at radius 1 is 1.28 bits per heavy atom. The molecule has 1 aromatic carbocycles. The Morgan fingerprint density at radius 2 is 2.03 bits per heavy atom. The minimum Gasteiger partial charge on any atom is -0.372 e. The third-order valence-electron chi connectivity index (χ3n) is 5.76. The molecule has 1 aromatic heterocycles. The zero-order valence-electron chi connectivity index (χ0n) is 16.8. The van der Waals surface area contributed by atoms with Crippen LogP contribution in [0.5, 0.6) is 0 Å². The Hall–Kier alpha value is -1.55. The number of thiazole rings is 1. The van der Waals surface area contributed by atoms with Crippen molar-refractivity contribution in [1.29, 1.82) is 0 Å². The second kappa shape index (κ2) is 7.94. The van der Waals surface area contributed by atoms with Gasteiger partial charge in [-0.25, -0.2) is 13.4 Å². The van der Waals surface area contributed by atoms with Crippen molar-refractivity contribution in [2.75, 3.05) is 32.8 Å². The third-order valence-corrected chi connectivity index (χ3v) is 8.40. The van der Waals surface area contributed by atoms with Crippen molar-refractivity contribution in [3.05, 3.63) is 23.7 Å². The van der Waals surface area contributed by atoms with Gasteiger partial charge in [0.15, 0.2) is 0 Å². The van der Waals surface area contributed by atoms with E-state index in [9.17, 15) is 13.2 Å². The van der Waals surface area contributed by atoms with E-state index in [1.165, 1.54) is 11.3 Å². The van der Waals surface area contributed by atoms with E-state index in [0.717, 1.165) is 10.2 Å². The van der Waals surface area contributed by atoms with Gasteiger partial charge in [0, 0.05) is 32.6 Å². The Bertz CT molecular complexity index is 994. The van der Waals surface area contributed by atoms with Crippen LogP contribution in [0.25, 0.3) is 10.2 Å². The number of piperidine rings is 1. The van der Waals surface area contributed by atoms with Crippen LogP contribution >= 0.6 is 11.3 Å². The maximum atomic E-state index is 13.3. The summed E-state index contributed by atoms with van der Waals surface area (Å²) >= 11 is 1.44. The number of nitrogens with zero attached hydrogens (tertiary/aromatic N) is 3. The maximum absolute atomic E-state index is 13.3. The normalized spacial score (nSPS) is 20.6. The van der Waals surface area contributed by atoms with E-state index in [1.807, 2.05) is 18.7 Å². The first-order chi connectivity index (χ1) is 13.8. The Balaban J connectivity index is 1.47. The van der Waals surface area contributed by atoms with Crippen LogP contribution < -0.4 is 0 Å². The van der Waals surface area contributed by atoms with Gasteiger partial charge in [-0.1, -0.05) is 13.8 Å². The Morgan fingerprint density at radius 3 is 2.76 bits per heavy atom. The number of benzene rings is 1. The molecule has 0 unspecified atom stereocenters. The number of fused-ring (bicyclic) bond motifs is 1. The Kier molecular flexibility index (Phi) is 5.67. The number of rotatable bonds is 4. The summed E-state index contributed by atoms with van der Waals surface area (Å²) in [6, 6.07) is 5.10. The molecule has 158 valence electrons. The lowest BCUT2D eigenvalue weighted by Crippen LogP contribution is -2.58. The largest absolute Gasteiger partial charge is 0.372 e. The molecular formula is C20H27N3O4S2. The number of likely N-dealkylation sites (tertiary alicyclic amines) is 1. The van der Waals surface area contributed by atoms with Crippen LogP contribution in [0.15, 0.2) is 28.6 Å². The van der Waals surface area contributed by atoms with Crippen molar-refractivity contribution >= 4 is 37.5 Å². The van der Waals surface area contributed by atoms with Gasteiger partial charge >= 0.3 is 0 Å². The standard InChI is InChI=1S/C20H27N3O4S2/c1-15(2)11-19(24)22-7-5-20(6-8-22)13-23(9-10-27-20)29(25,26)16-3-4-17-18(12-16)28-14-21-17/h3-4,12,14-15H,5-11,13H2,1-2H3. The summed E-state index contributed by atoms with van der Waals surface area (Å²) in [5.41, 5.74) is 2.03. The highest BCUT2D eigenvalue weighted by Gasteiger charge is 2.43. The van der Waals surface area contributed by atoms with E-state index in [1.54, 1.807) is 28.0 Å². The van der Waals surface area contributed by atoms with E-state index >= 15 is 0 Å². The van der Waals surface area contributed by atoms with Gasteiger partial charge in [0.25, 0.3) is 0 Å². The van der Waals surface area contributed by atoms with Crippen LogP contribution in [-0.4, -0.2) is 66.9 Å². The highest BCUT2D eigenvalue weighted by atomic mass is 32.2. The molecule has 7 nitrogen and oxygen atoms in total. The van der Waals surface area contributed by atoms with E-state index in [-0.39, 0.29) is 5.91 Å². The summed E-state index contributed by atoms with van der Waals surface area (Å²) in [7, 11) is -3.60. The van der Waals surface area contributed by atoms with Gasteiger partial charge in [0.2, 0.25) is 15.9 Å². The highest BCUT2D eigenvalue weighted by Crippen LogP contribution is 2.33. The average molecular weight is 438 g/mol. The fourth-order valence-corrected chi connectivity index (χ4v) is 6.42. The minimum atomic E-state index is -3.60. The number of hydrogen-bond acceptors (Lipinski definition) is 6. The van der Waals surface area contributed by atoms with Gasteiger partial charge in [-0.3, -0.25) is 4.79 Å². The number of hydrogen-bond donors (Lipinski definition) is 0. The van der Waals surface area contributed by atoms with Crippen molar-refractivity contribution in [2.24, 2.45) is 5.92 Å². The van der Waals surface area contributed by atoms with E-state index < -0.39 is 15.6 Å². The minimum absolute atomic E-state index is 0.174. The van der Waals surface area contributed by atoms with Crippen molar-refractivity contribution in [3.63, 3.8) is 0 Å². The van der Waals surface area contributed by atoms with E-state index in [2.05, 4.69) is 4.98 Å². The van der Waals surface area contributed by atoms with Crippen LogP contribution in [0.3, 0.4) is 0 Å². The zero-order chi connectivity index (χ0) is 20.6. The van der Waals surface area contributed by atoms with Gasteiger partial charge in [-0.2, -0.15) is 4.31 Å². The first kappa shape index (κ1) is 20.7. The van der Waals surface area contributed by atoms with Crippen LogP contribution in [0, 0.1) is 5.92 Å². The fourth-order valence-electron chi connectivity index (χ4n) is 4.10. The number of aromatic nitrogens is 1. The molecule has 0 atom stereocenters. The topological polar surface area (TPSA) is 79.8 Å². The van der Waals surface area contributed by atoms with E-state index in [4.69, 9.17) is 4.74 Å². The number of sulfonamides is 1. The van der Waals surface area contributed by atoms with Gasteiger partial charge in [0.1, 0.15) is 0 Å². The van der Waals surface area contributed by atoms with E-state index in [0.29, 0.717) is 62.9 Å². The molecule has 2 aliphatic heterocycles. The van der Waals surface area contributed by atoms with Crippen LogP contribution in [0.1, 0.15) is 33.1 Å². The molecule has 2 aliphatic rings. The molecule has 29 heavy (non-hydrogen) atoms. The smallest absolute Gasteiger partial charge is 0.243 e. The predicted molar refractivity (Wildman–Crippen MR) is 112 cm³/mol. The van der Waals surface area contributed by atoms with Gasteiger partial charge in [-0.15, -0.1) is 11.3 Å². The predicted octanol–water partition coefficient (Wildman–Crippen LogP) is 2.72. The molecule has 2 saturated heterocycles. The lowest BCUT2D eigenvalue weighted by Gasteiger charge is -2.46. The molecule has 1 amide bonds. The molecule has 3 heterocycles. The molecular weight excluding hydrogens is 410 g/mol. The lowest BCUT2D eigenvalue weighted by molar-refractivity contribution is -0.145. The van der Waals surface area contributed by atoms with Gasteiger partial charge < -0.3 is 9.64 Å². The number of amides is 1. The molecule has 1 spiro atoms. The van der Waals surface area contributed by atoms with Crippen molar-refractivity contribution in [1.82, 2.24) is 14.2 Å². The Labute approximate surface area is 175 Å². The molecule has 2 fully saturated rings. The highest BCUT2D eigenvalue weighted by molar-refractivity contribution is 7.89. The first-order valence-corrected chi connectivity index (χ1v) is 12.4. The molecule has 9 heteroatoms. The maximum Gasteiger partial charge on any atom is 0.243 e. The summed E-state index contributed by atoms with van der Waals surface area (Å²) in [5.74, 6) is 0.508. The number of ether oxygens (including phenoxy) is 1. The van der Waals surface area contributed by atoms with Gasteiger partial charge in [0.05, 0.1) is 32.8 Å². The second-order valence-electron chi connectivity index (χ2n) is 8.33. The fraction of sp³-hybridized carbons (Fsp3) is 0.600. The molecule has 4 rings (SSSR count). The van der Waals surface area contributed by atoms with Crippen LogP contribution in [0.4, 0.5) is 0 Å². The molecule has 0 bridgehead atoms. The molecule has 0 saturated carbocycles. The molecule has 2 aromatic rings.